The highest BCUT2D eigenvalue weighted by Gasteiger charge is 2.65. The van der Waals surface area contributed by atoms with Crippen LogP contribution in [0.3, 0.4) is 0 Å². The van der Waals surface area contributed by atoms with Gasteiger partial charge in [-0.2, -0.15) is 0 Å². The summed E-state index contributed by atoms with van der Waals surface area (Å²) in [6, 6.07) is 25.3. The van der Waals surface area contributed by atoms with Gasteiger partial charge in [0, 0.05) is 56.3 Å². The Morgan fingerprint density at radius 2 is 1.67 bits per heavy atom. The predicted octanol–water partition coefficient (Wildman–Crippen LogP) is 8.71. The summed E-state index contributed by atoms with van der Waals surface area (Å²) < 4.78 is 37.2. The Labute approximate surface area is 400 Å². The fourth-order valence-electron chi connectivity index (χ4n) is 10.2. The summed E-state index contributed by atoms with van der Waals surface area (Å²) in [5.74, 6) is -1.02. The van der Waals surface area contributed by atoms with Gasteiger partial charge in [-0.1, -0.05) is 66.5 Å². The lowest BCUT2D eigenvalue weighted by Gasteiger charge is -2.59. The molecule has 1 saturated carbocycles. The van der Waals surface area contributed by atoms with E-state index >= 15 is 0 Å². The normalized spacial score (nSPS) is 22.3. The number of hydrogen-bond acceptors (Lipinski definition) is 14. The Morgan fingerprint density at radius 3 is 2.41 bits per heavy atom. The molecule has 0 unspecified atom stereocenters. The molecule has 17 heteroatoms. The number of nitrogens with one attached hydrogen (secondary N) is 1. The smallest absolute Gasteiger partial charge is 0.412 e. The lowest BCUT2D eigenvalue weighted by molar-refractivity contribution is -0.384. The summed E-state index contributed by atoms with van der Waals surface area (Å²) in [6.45, 7) is 4.42. The van der Waals surface area contributed by atoms with E-state index in [2.05, 4.69) is 18.0 Å². The summed E-state index contributed by atoms with van der Waals surface area (Å²) in [4.78, 5) is 46.4. The molecule has 4 aliphatic rings. The second-order valence-corrected chi connectivity index (χ2v) is 17.5. The monoisotopic (exact) mass is 946 g/mol. The van der Waals surface area contributed by atoms with Gasteiger partial charge in [-0.25, -0.2) is 9.59 Å². The summed E-state index contributed by atoms with van der Waals surface area (Å²) in [7, 11) is 1.31. The number of nitrogens with zero attached hydrogens (tertiary/aromatic N) is 3. The molecule has 2 heterocycles. The molecule has 4 aromatic carbocycles. The molecule has 8 rings (SSSR count). The Hall–Kier alpha value is -6.95. The number of methoxy groups -OCH3 is 1. The fourth-order valence-corrected chi connectivity index (χ4v) is 10.2. The van der Waals surface area contributed by atoms with Gasteiger partial charge >= 0.3 is 12.2 Å². The number of rotatable bonds is 21. The minimum absolute atomic E-state index is 0.0121. The molecule has 6 atom stereocenters. The number of carbonyl (C=O) groups excluding carboxylic acids is 2. The Kier molecular flexibility index (Phi) is 15.8. The molecule has 4 aromatic rings. The van der Waals surface area contributed by atoms with Crippen LogP contribution in [0.5, 0.6) is 23.0 Å². The maximum Gasteiger partial charge on any atom is 0.412 e. The van der Waals surface area contributed by atoms with Crippen molar-refractivity contribution in [2.45, 2.75) is 82.4 Å². The number of aliphatic hydroxyl groups is 2. The van der Waals surface area contributed by atoms with Gasteiger partial charge in [-0.3, -0.25) is 15.0 Å². The molecule has 2 aliphatic heterocycles. The minimum Gasteiger partial charge on any atom is -0.459 e. The molecule has 0 saturated heterocycles. The van der Waals surface area contributed by atoms with Gasteiger partial charge in [-0.05, 0) is 102 Å². The first-order valence-electron chi connectivity index (χ1n) is 23.3. The van der Waals surface area contributed by atoms with Crippen LogP contribution in [0.1, 0.15) is 73.1 Å². The van der Waals surface area contributed by atoms with Crippen LogP contribution in [-0.4, -0.2) is 83.5 Å². The topological polar surface area (TPSA) is 210 Å². The number of unbranched alkanes of at least 4 members (excludes halogenated alkanes) is 2. The Morgan fingerprint density at radius 1 is 0.928 bits per heavy atom. The summed E-state index contributed by atoms with van der Waals surface area (Å²) >= 11 is 0. The van der Waals surface area contributed by atoms with Gasteiger partial charge in [0.2, 0.25) is 12.6 Å². The lowest BCUT2D eigenvalue weighted by atomic mass is 9.55. The number of ether oxygens (including phenoxy) is 6. The van der Waals surface area contributed by atoms with E-state index in [0.29, 0.717) is 66.2 Å². The lowest BCUT2D eigenvalue weighted by Crippen LogP contribution is -2.70. The van der Waals surface area contributed by atoms with Crippen LogP contribution < -0.4 is 24.3 Å². The first kappa shape index (κ1) is 48.5. The van der Waals surface area contributed by atoms with E-state index in [9.17, 15) is 29.9 Å². The summed E-state index contributed by atoms with van der Waals surface area (Å²) in [6.07, 6.45) is 6.59. The van der Waals surface area contributed by atoms with Crippen LogP contribution >= 0.6 is 0 Å². The maximum absolute atomic E-state index is 14.4. The predicted molar refractivity (Wildman–Crippen MR) is 253 cm³/mol. The van der Waals surface area contributed by atoms with Crippen LogP contribution in [0.25, 0.3) is 0 Å². The Balaban J connectivity index is 1.28. The van der Waals surface area contributed by atoms with Crippen molar-refractivity contribution in [2.24, 2.45) is 22.9 Å². The zero-order chi connectivity index (χ0) is 48.3. The number of oxime groups is 1. The third-order valence-electron chi connectivity index (χ3n) is 13.3. The van der Waals surface area contributed by atoms with Gasteiger partial charge in [0.15, 0.2) is 11.5 Å². The summed E-state index contributed by atoms with van der Waals surface area (Å²) in [5.41, 5.74) is 4.27. The van der Waals surface area contributed by atoms with Crippen molar-refractivity contribution in [3.63, 3.8) is 0 Å². The number of hydrogen-bond donors (Lipinski definition) is 3. The molecule has 2 amide bonds. The van der Waals surface area contributed by atoms with Gasteiger partial charge in [0.05, 0.1) is 30.3 Å². The average molecular weight is 947 g/mol. The number of nitro groups is 1. The minimum atomic E-state index is -1.61. The van der Waals surface area contributed by atoms with E-state index in [4.69, 9.17) is 38.4 Å². The molecule has 1 fully saturated rings. The first-order valence-corrected chi connectivity index (χ1v) is 23.3. The molecule has 0 bridgehead atoms. The van der Waals surface area contributed by atoms with Crippen LogP contribution in [-0.2, 0) is 34.0 Å². The molecule has 69 heavy (non-hydrogen) atoms. The van der Waals surface area contributed by atoms with Crippen LogP contribution in [0, 0.1) is 27.9 Å². The van der Waals surface area contributed by atoms with E-state index in [1.807, 2.05) is 48.5 Å². The number of amides is 2. The summed E-state index contributed by atoms with van der Waals surface area (Å²) in [5, 5.41) is 39.1. The number of aliphatic hydroxyl groups excluding tert-OH is 2. The maximum atomic E-state index is 14.4. The molecular formula is C52H58N4O13. The third kappa shape index (κ3) is 10.9. The van der Waals surface area contributed by atoms with Gasteiger partial charge in [-0.15, -0.1) is 6.58 Å². The molecule has 2 aliphatic carbocycles. The van der Waals surface area contributed by atoms with Gasteiger partial charge in [0.1, 0.15) is 24.1 Å². The van der Waals surface area contributed by atoms with Gasteiger partial charge < -0.3 is 48.8 Å². The Bertz CT molecular complexity index is 2520. The largest absolute Gasteiger partial charge is 0.459 e. The van der Waals surface area contributed by atoms with E-state index in [1.54, 1.807) is 41.3 Å². The van der Waals surface area contributed by atoms with Crippen molar-refractivity contribution < 1.29 is 58.0 Å². The SMILES string of the molecule is C=CCO[C@@]12Oc3ccc(OC(=O)NCc4ccccc4)cc3[C@H]3[C@H](CCCCO)[C@@H](CCCCO)C=C(C(=NOCc4ccc([N+](=O)[O-])cc4)C[C@@H]1N(Cc1ccc4c(c1)OCO4)C(=O)OC)[C@H]32. The number of fused-ring (bicyclic) bond motifs is 3. The number of non-ortho nitro benzene ring substituents is 1. The van der Waals surface area contributed by atoms with E-state index in [0.717, 1.165) is 23.1 Å². The van der Waals surface area contributed by atoms with E-state index < -0.39 is 40.8 Å². The van der Waals surface area contributed by atoms with Crippen molar-refractivity contribution in [2.75, 3.05) is 33.7 Å². The zero-order valence-corrected chi connectivity index (χ0v) is 38.5. The number of carbonyl (C=O) groups is 2. The van der Waals surface area contributed by atoms with Crippen molar-refractivity contribution >= 4 is 23.6 Å². The standard InChI is InChI=1S/C52H58N4O13/c1-3-25-66-52-47(55(51(60)63-2)31-36-17-21-45-46(26-36)65-33-64-45)29-43(54-67-32-35-15-18-38(19-16-35)56(61)62)41-27-37(13-7-9-23-57)40(14-8-10-24-58)48(49(41)52)42-28-39(20-22-44(42)69-52)68-50(59)53-30-34-11-5-4-6-12-34/h3-6,11-12,15-22,26-28,37,40,47-49,57-58H,1,7-10,13-14,23-25,29-33H2,2H3,(H,53,59)/t37-,40+,47-,48+,49+,52+/m0/s1. The second-order valence-electron chi connectivity index (χ2n) is 17.5. The highest BCUT2D eigenvalue weighted by atomic mass is 16.7. The van der Waals surface area contributed by atoms with Gasteiger partial charge in [0.25, 0.3) is 5.69 Å². The second kappa shape index (κ2) is 22.4. The molecule has 3 N–H and O–H groups in total. The van der Waals surface area contributed by atoms with Crippen molar-refractivity contribution in [1.29, 1.82) is 0 Å². The van der Waals surface area contributed by atoms with Crippen molar-refractivity contribution in [3.8, 4) is 23.0 Å². The van der Waals surface area contributed by atoms with Crippen LogP contribution in [0.15, 0.2) is 120 Å². The third-order valence-corrected chi connectivity index (χ3v) is 13.3. The zero-order valence-electron chi connectivity index (χ0n) is 38.5. The van der Waals surface area contributed by atoms with E-state index in [-0.39, 0.29) is 76.0 Å². The highest BCUT2D eigenvalue weighted by molar-refractivity contribution is 6.03. The number of nitro benzene ring substituents is 1. The molecule has 0 aromatic heterocycles. The molecular weight excluding hydrogens is 889 g/mol. The van der Waals surface area contributed by atoms with E-state index in [1.165, 1.54) is 19.2 Å². The number of benzene rings is 4. The average Bonchev–Trinajstić information content (AvgIpc) is 3.84. The quantitative estimate of drug-likeness (QED) is 0.0309. The highest BCUT2D eigenvalue weighted by Crippen LogP contribution is 2.62. The molecule has 0 radical (unpaired) electrons. The van der Waals surface area contributed by atoms with Crippen LogP contribution in [0.2, 0.25) is 0 Å². The molecule has 364 valence electrons. The number of allylic oxidation sites excluding steroid dienone is 1. The van der Waals surface area contributed by atoms with Crippen molar-refractivity contribution in [1.82, 2.24) is 10.2 Å². The van der Waals surface area contributed by atoms with Crippen molar-refractivity contribution in [3.05, 3.63) is 148 Å². The molecule has 17 nitrogen and oxygen atoms in total. The first-order chi connectivity index (χ1) is 33.7. The fraction of sp³-hybridized carbons (Fsp3) is 0.404. The van der Waals surface area contributed by atoms with Crippen LogP contribution in [0.4, 0.5) is 15.3 Å². The molecule has 0 spiro atoms.